The van der Waals surface area contributed by atoms with Crippen molar-refractivity contribution in [1.82, 2.24) is 9.88 Å². The van der Waals surface area contributed by atoms with Gasteiger partial charge in [0.15, 0.2) is 0 Å². The van der Waals surface area contributed by atoms with Crippen LogP contribution in [0.25, 0.3) is 0 Å². The number of nitrogens with zero attached hydrogens (tertiary/aromatic N) is 2. The van der Waals surface area contributed by atoms with E-state index in [0.29, 0.717) is 13.1 Å². The highest BCUT2D eigenvalue weighted by Crippen LogP contribution is 2.02. The van der Waals surface area contributed by atoms with Gasteiger partial charge in [-0.05, 0) is 24.6 Å². The number of amides is 1. The summed E-state index contributed by atoms with van der Waals surface area (Å²) in [4.78, 5) is 16.7. The molecular weight excluding hydrogens is 180 g/mol. The normalized spacial score (nSPS) is 9.86. The lowest BCUT2D eigenvalue weighted by atomic mass is 10.2. The number of carbonyl (C=O) groups is 1. The van der Waals surface area contributed by atoms with Crippen LogP contribution in [0.15, 0.2) is 24.5 Å². The van der Waals surface area contributed by atoms with Gasteiger partial charge in [0.2, 0.25) is 5.91 Å². The first-order valence-electron chi connectivity index (χ1n) is 4.55. The van der Waals surface area contributed by atoms with Crippen LogP contribution in [-0.4, -0.2) is 34.0 Å². The average molecular weight is 194 g/mol. The molecule has 4 heteroatoms. The minimum atomic E-state index is -0.432. The molecular formula is C10H14N2O2. The summed E-state index contributed by atoms with van der Waals surface area (Å²) in [6.07, 6.45) is 3.37. The lowest BCUT2D eigenvalue weighted by Crippen LogP contribution is -2.32. The number of likely N-dealkylation sites (N-methyl/N-ethyl adjacent to an activating group) is 1. The number of pyridine rings is 1. The molecule has 0 saturated heterocycles. The Kier molecular flexibility index (Phi) is 4.07. The minimum Gasteiger partial charge on any atom is -0.387 e. The van der Waals surface area contributed by atoms with E-state index in [1.54, 1.807) is 17.3 Å². The van der Waals surface area contributed by atoms with E-state index in [1.807, 2.05) is 19.1 Å². The molecule has 76 valence electrons. The van der Waals surface area contributed by atoms with E-state index >= 15 is 0 Å². The van der Waals surface area contributed by atoms with Crippen molar-refractivity contribution in [3.63, 3.8) is 0 Å². The third kappa shape index (κ3) is 2.81. The molecule has 1 amide bonds. The molecule has 0 radical (unpaired) electrons. The third-order valence-corrected chi connectivity index (χ3v) is 1.99. The van der Waals surface area contributed by atoms with Gasteiger partial charge in [0.25, 0.3) is 0 Å². The Balaban J connectivity index is 2.62. The van der Waals surface area contributed by atoms with E-state index < -0.39 is 6.61 Å². The van der Waals surface area contributed by atoms with Crippen molar-refractivity contribution in [3.05, 3.63) is 30.1 Å². The maximum Gasteiger partial charge on any atom is 0.248 e. The molecule has 0 saturated carbocycles. The van der Waals surface area contributed by atoms with Crippen LogP contribution in [0.1, 0.15) is 12.5 Å². The van der Waals surface area contributed by atoms with Gasteiger partial charge in [0.05, 0.1) is 0 Å². The van der Waals surface area contributed by atoms with E-state index in [2.05, 4.69) is 4.98 Å². The van der Waals surface area contributed by atoms with Gasteiger partial charge in [0.1, 0.15) is 6.61 Å². The Bertz CT molecular complexity index is 287. The summed E-state index contributed by atoms with van der Waals surface area (Å²) in [7, 11) is 0. The molecule has 0 fully saturated rings. The van der Waals surface area contributed by atoms with E-state index in [-0.39, 0.29) is 5.91 Å². The Labute approximate surface area is 83.2 Å². The van der Waals surface area contributed by atoms with Crippen LogP contribution in [0.3, 0.4) is 0 Å². The predicted octanol–water partition coefficient (Wildman–Crippen LogP) is 0.422. The van der Waals surface area contributed by atoms with E-state index in [1.165, 1.54) is 0 Å². The van der Waals surface area contributed by atoms with Crippen molar-refractivity contribution in [2.45, 2.75) is 13.5 Å². The molecule has 1 rings (SSSR count). The van der Waals surface area contributed by atoms with Crippen LogP contribution >= 0.6 is 0 Å². The smallest absolute Gasteiger partial charge is 0.248 e. The zero-order valence-electron chi connectivity index (χ0n) is 8.18. The van der Waals surface area contributed by atoms with Crippen LogP contribution in [0.2, 0.25) is 0 Å². The summed E-state index contributed by atoms with van der Waals surface area (Å²) in [6, 6.07) is 3.71. The van der Waals surface area contributed by atoms with Crippen LogP contribution < -0.4 is 0 Å². The minimum absolute atomic E-state index is 0.246. The van der Waals surface area contributed by atoms with E-state index in [0.717, 1.165) is 5.56 Å². The standard InChI is InChI=1S/C10H14N2O2/c1-2-12(10(14)8-13)7-9-3-5-11-6-4-9/h3-6,13H,2,7-8H2,1H3. The van der Waals surface area contributed by atoms with Crippen LogP contribution in [0.4, 0.5) is 0 Å². The summed E-state index contributed by atoms with van der Waals surface area (Å²) in [5, 5.41) is 8.71. The van der Waals surface area contributed by atoms with Crippen molar-refractivity contribution in [2.24, 2.45) is 0 Å². The fourth-order valence-corrected chi connectivity index (χ4v) is 1.18. The summed E-state index contributed by atoms with van der Waals surface area (Å²) in [5.74, 6) is -0.246. The number of aromatic nitrogens is 1. The van der Waals surface area contributed by atoms with Gasteiger partial charge in [-0.25, -0.2) is 0 Å². The van der Waals surface area contributed by atoms with Crippen molar-refractivity contribution < 1.29 is 9.90 Å². The quantitative estimate of drug-likeness (QED) is 0.756. The fraction of sp³-hybridized carbons (Fsp3) is 0.400. The number of hydrogen-bond acceptors (Lipinski definition) is 3. The number of aliphatic hydroxyl groups excluding tert-OH is 1. The average Bonchev–Trinajstić information content (AvgIpc) is 2.26. The lowest BCUT2D eigenvalue weighted by molar-refractivity contribution is -0.134. The van der Waals surface area contributed by atoms with Gasteiger partial charge < -0.3 is 10.0 Å². The predicted molar refractivity (Wildman–Crippen MR) is 52.4 cm³/mol. The second-order valence-electron chi connectivity index (χ2n) is 2.92. The molecule has 0 aromatic carbocycles. The molecule has 0 bridgehead atoms. The van der Waals surface area contributed by atoms with Gasteiger partial charge in [0, 0.05) is 25.5 Å². The van der Waals surface area contributed by atoms with Crippen LogP contribution in [-0.2, 0) is 11.3 Å². The highest BCUT2D eigenvalue weighted by atomic mass is 16.3. The number of hydrogen-bond donors (Lipinski definition) is 1. The van der Waals surface area contributed by atoms with Gasteiger partial charge in [-0.1, -0.05) is 0 Å². The summed E-state index contributed by atoms with van der Waals surface area (Å²) >= 11 is 0. The fourth-order valence-electron chi connectivity index (χ4n) is 1.18. The Morgan fingerprint density at radius 3 is 2.64 bits per heavy atom. The Morgan fingerprint density at radius 2 is 2.14 bits per heavy atom. The van der Waals surface area contributed by atoms with Crippen molar-refractivity contribution in [3.8, 4) is 0 Å². The summed E-state index contributed by atoms with van der Waals surface area (Å²) in [6.45, 7) is 2.58. The van der Waals surface area contributed by atoms with Gasteiger partial charge in [-0.15, -0.1) is 0 Å². The molecule has 4 nitrogen and oxygen atoms in total. The van der Waals surface area contributed by atoms with Crippen LogP contribution in [0, 0.1) is 0 Å². The maximum absolute atomic E-state index is 11.2. The summed E-state index contributed by atoms with van der Waals surface area (Å²) in [5.41, 5.74) is 1.02. The second-order valence-corrected chi connectivity index (χ2v) is 2.92. The van der Waals surface area contributed by atoms with Crippen molar-refractivity contribution >= 4 is 5.91 Å². The van der Waals surface area contributed by atoms with E-state index in [4.69, 9.17) is 5.11 Å². The first kappa shape index (κ1) is 10.7. The number of carbonyl (C=O) groups excluding carboxylic acids is 1. The monoisotopic (exact) mass is 194 g/mol. The maximum atomic E-state index is 11.2. The van der Waals surface area contributed by atoms with E-state index in [9.17, 15) is 4.79 Å². The zero-order chi connectivity index (χ0) is 10.4. The first-order chi connectivity index (χ1) is 6.77. The molecule has 0 aliphatic heterocycles. The Hall–Kier alpha value is -1.42. The second kappa shape index (κ2) is 5.34. The van der Waals surface area contributed by atoms with Gasteiger partial charge in [-0.2, -0.15) is 0 Å². The highest BCUT2D eigenvalue weighted by molar-refractivity contribution is 5.77. The third-order valence-electron chi connectivity index (χ3n) is 1.99. The topological polar surface area (TPSA) is 53.4 Å². The molecule has 0 unspecified atom stereocenters. The Morgan fingerprint density at radius 1 is 1.50 bits per heavy atom. The zero-order valence-corrected chi connectivity index (χ0v) is 8.18. The van der Waals surface area contributed by atoms with Gasteiger partial charge in [-0.3, -0.25) is 9.78 Å². The first-order valence-corrected chi connectivity index (χ1v) is 4.55. The molecule has 1 aromatic heterocycles. The van der Waals surface area contributed by atoms with Crippen molar-refractivity contribution in [2.75, 3.05) is 13.2 Å². The molecule has 0 aliphatic carbocycles. The highest BCUT2D eigenvalue weighted by Gasteiger charge is 2.09. The largest absolute Gasteiger partial charge is 0.387 e. The molecule has 0 spiro atoms. The molecule has 0 atom stereocenters. The molecule has 0 aliphatic rings. The lowest BCUT2D eigenvalue weighted by Gasteiger charge is -2.19. The number of rotatable bonds is 4. The molecule has 1 aromatic rings. The molecule has 1 N–H and O–H groups in total. The number of aliphatic hydroxyl groups is 1. The van der Waals surface area contributed by atoms with Gasteiger partial charge >= 0.3 is 0 Å². The molecule has 14 heavy (non-hydrogen) atoms. The van der Waals surface area contributed by atoms with Crippen LogP contribution in [0.5, 0.6) is 0 Å². The van der Waals surface area contributed by atoms with Crippen molar-refractivity contribution in [1.29, 1.82) is 0 Å². The molecule has 1 heterocycles. The SMILES string of the molecule is CCN(Cc1ccncc1)C(=O)CO. The summed E-state index contributed by atoms with van der Waals surface area (Å²) < 4.78 is 0.